The van der Waals surface area contributed by atoms with Crippen LogP contribution >= 0.6 is 0 Å². The quantitative estimate of drug-likeness (QED) is 0.356. The number of aromatic nitrogens is 3. The van der Waals surface area contributed by atoms with Crippen LogP contribution in [0.5, 0.6) is 0 Å². The molecule has 0 saturated heterocycles. The highest BCUT2D eigenvalue weighted by molar-refractivity contribution is 5.96. The first kappa shape index (κ1) is 21.0. The molecule has 10 heteroatoms. The molecule has 5 rings (SSSR count). The maximum absolute atomic E-state index is 13.4. The zero-order valence-electron chi connectivity index (χ0n) is 17.3. The van der Waals surface area contributed by atoms with Crippen LogP contribution in [0, 0.1) is 11.0 Å². The minimum Gasteiger partial charge on any atom is -0.619 e. The van der Waals surface area contributed by atoms with Crippen molar-refractivity contribution in [3.8, 4) is 11.1 Å². The standard InChI is InChI=1S/C23H19FN4O5/c24-16-3-1-2-14(10-16)15-11-25-21(26-12-15)27-20(30)22(31)5-7-23(8-6-22)18-4-9-28(32)13-17(18)19(29)33-23/h1-4,9-13,31H,5-8H2,(H,25,26,27,30). The number of amides is 1. The van der Waals surface area contributed by atoms with Crippen molar-refractivity contribution in [2.24, 2.45) is 0 Å². The first-order valence-corrected chi connectivity index (χ1v) is 10.4. The van der Waals surface area contributed by atoms with Gasteiger partial charge in [0.25, 0.3) is 5.91 Å². The summed E-state index contributed by atoms with van der Waals surface area (Å²) >= 11 is 0. The van der Waals surface area contributed by atoms with Crippen molar-refractivity contribution in [1.82, 2.24) is 9.97 Å². The molecule has 0 unspecified atom stereocenters. The van der Waals surface area contributed by atoms with E-state index in [1.165, 1.54) is 36.9 Å². The Kier molecular flexibility index (Phi) is 4.82. The fraction of sp³-hybridized carbons (Fsp3) is 0.261. The van der Waals surface area contributed by atoms with Gasteiger partial charge in [0, 0.05) is 29.6 Å². The monoisotopic (exact) mass is 450 g/mol. The first-order valence-electron chi connectivity index (χ1n) is 10.4. The van der Waals surface area contributed by atoms with E-state index in [1.54, 1.807) is 18.2 Å². The topological polar surface area (TPSA) is 128 Å². The Morgan fingerprint density at radius 1 is 1.15 bits per heavy atom. The number of nitrogens with zero attached hydrogens (tertiary/aromatic N) is 3. The van der Waals surface area contributed by atoms with E-state index < -0.39 is 23.1 Å². The molecule has 3 aromatic rings. The summed E-state index contributed by atoms with van der Waals surface area (Å²) < 4.78 is 19.5. The number of ether oxygens (including phenoxy) is 1. The van der Waals surface area contributed by atoms with Gasteiger partial charge in [0.05, 0.1) is 0 Å². The molecule has 0 radical (unpaired) electrons. The molecule has 0 atom stereocenters. The molecular weight excluding hydrogens is 431 g/mol. The number of esters is 1. The largest absolute Gasteiger partial charge is 0.619 e. The molecular formula is C23H19FN4O5. The Hall–Kier alpha value is -3.92. The molecule has 1 fully saturated rings. The van der Waals surface area contributed by atoms with Gasteiger partial charge in [0.15, 0.2) is 12.4 Å². The third kappa shape index (κ3) is 3.68. The van der Waals surface area contributed by atoms with Crippen LogP contribution < -0.4 is 10.0 Å². The Labute approximate surface area is 187 Å². The van der Waals surface area contributed by atoms with Crippen LogP contribution in [0.25, 0.3) is 11.1 Å². The van der Waals surface area contributed by atoms with Gasteiger partial charge in [-0.2, -0.15) is 4.73 Å². The number of hydrogen-bond donors (Lipinski definition) is 2. The Balaban J connectivity index is 1.28. The highest BCUT2D eigenvalue weighted by atomic mass is 19.1. The van der Waals surface area contributed by atoms with E-state index >= 15 is 0 Å². The Morgan fingerprint density at radius 2 is 1.88 bits per heavy atom. The number of carbonyl (C=O) groups excluding carboxylic acids is 2. The van der Waals surface area contributed by atoms with Crippen molar-refractivity contribution in [2.75, 3.05) is 5.32 Å². The second-order valence-electron chi connectivity index (χ2n) is 8.31. The lowest BCUT2D eigenvalue weighted by molar-refractivity contribution is -0.605. The molecule has 3 heterocycles. The zero-order chi connectivity index (χ0) is 23.2. The van der Waals surface area contributed by atoms with Crippen LogP contribution in [-0.4, -0.2) is 32.6 Å². The Morgan fingerprint density at radius 3 is 2.58 bits per heavy atom. The summed E-state index contributed by atoms with van der Waals surface area (Å²) in [5.74, 6) is -1.63. The lowest BCUT2D eigenvalue weighted by Gasteiger charge is -2.40. The van der Waals surface area contributed by atoms with E-state index in [2.05, 4.69) is 15.3 Å². The van der Waals surface area contributed by atoms with Crippen LogP contribution in [0.15, 0.2) is 55.1 Å². The van der Waals surface area contributed by atoms with Crippen LogP contribution in [0.4, 0.5) is 10.3 Å². The maximum atomic E-state index is 13.4. The summed E-state index contributed by atoms with van der Waals surface area (Å²) in [4.78, 5) is 33.2. The molecule has 9 nitrogen and oxygen atoms in total. The summed E-state index contributed by atoms with van der Waals surface area (Å²) in [6.07, 6.45) is 5.89. The third-order valence-electron chi connectivity index (χ3n) is 6.28. The van der Waals surface area contributed by atoms with E-state index in [1.807, 2.05) is 0 Å². The molecule has 2 aliphatic rings. The number of hydrogen-bond acceptors (Lipinski definition) is 7. The molecule has 33 heavy (non-hydrogen) atoms. The number of carbonyl (C=O) groups is 2. The lowest BCUT2D eigenvalue weighted by atomic mass is 9.72. The molecule has 1 saturated carbocycles. The minimum atomic E-state index is -1.70. The molecule has 1 aliphatic heterocycles. The van der Waals surface area contributed by atoms with Crippen molar-refractivity contribution in [3.05, 3.63) is 77.3 Å². The molecule has 1 spiro atoms. The number of anilines is 1. The van der Waals surface area contributed by atoms with Gasteiger partial charge in [-0.25, -0.2) is 19.2 Å². The average Bonchev–Trinajstić information content (AvgIpc) is 3.07. The summed E-state index contributed by atoms with van der Waals surface area (Å²) in [5.41, 5.74) is -0.688. The number of halogens is 1. The molecule has 2 aromatic heterocycles. The van der Waals surface area contributed by atoms with Crippen molar-refractivity contribution in [2.45, 2.75) is 36.9 Å². The van der Waals surface area contributed by atoms with Gasteiger partial charge in [-0.1, -0.05) is 12.1 Å². The summed E-state index contributed by atoms with van der Waals surface area (Å²) in [7, 11) is 0. The number of rotatable bonds is 3. The third-order valence-corrected chi connectivity index (χ3v) is 6.28. The maximum Gasteiger partial charge on any atom is 0.345 e. The summed E-state index contributed by atoms with van der Waals surface area (Å²) in [6, 6.07) is 7.52. The number of fused-ring (bicyclic) bond motifs is 2. The Bertz CT molecular complexity index is 1260. The van der Waals surface area contributed by atoms with Crippen LogP contribution in [0.2, 0.25) is 0 Å². The number of nitrogens with one attached hydrogen (secondary N) is 1. The smallest absolute Gasteiger partial charge is 0.345 e. The number of pyridine rings is 1. The molecule has 1 amide bonds. The highest BCUT2D eigenvalue weighted by Gasteiger charge is 2.53. The first-order chi connectivity index (χ1) is 15.8. The second kappa shape index (κ2) is 7.59. The van der Waals surface area contributed by atoms with Gasteiger partial charge in [-0.05, 0) is 43.4 Å². The normalized spacial score (nSPS) is 23.8. The van der Waals surface area contributed by atoms with E-state index in [0.29, 0.717) is 21.4 Å². The predicted octanol–water partition coefficient (Wildman–Crippen LogP) is 2.23. The molecule has 1 aliphatic carbocycles. The van der Waals surface area contributed by atoms with Gasteiger partial charge < -0.3 is 15.1 Å². The fourth-order valence-electron chi connectivity index (χ4n) is 4.42. The minimum absolute atomic E-state index is 0.00602. The fourth-order valence-corrected chi connectivity index (χ4v) is 4.42. The van der Waals surface area contributed by atoms with Crippen molar-refractivity contribution < 1.29 is 28.6 Å². The van der Waals surface area contributed by atoms with Crippen LogP contribution in [0.3, 0.4) is 0 Å². The van der Waals surface area contributed by atoms with Gasteiger partial charge in [0.2, 0.25) is 5.95 Å². The lowest BCUT2D eigenvalue weighted by Crippen LogP contribution is -2.49. The average molecular weight is 450 g/mol. The second-order valence-corrected chi connectivity index (χ2v) is 8.31. The van der Waals surface area contributed by atoms with Crippen molar-refractivity contribution in [3.63, 3.8) is 0 Å². The highest BCUT2D eigenvalue weighted by Crippen LogP contribution is 2.48. The molecule has 2 N–H and O–H groups in total. The summed E-state index contributed by atoms with van der Waals surface area (Å²) in [5, 5.41) is 25.0. The van der Waals surface area contributed by atoms with Gasteiger partial charge >= 0.3 is 5.97 Å². The van der Waals surface area contributed by atoms with E-state index in [-0.39, 0.29) is 43.0 Å². The van der Waals surface area contributed by atoms with Gasteiger partial charge in [-0.15, -0.1) is 0 Å². The zero-order valence-corrected chi connectivity index (χ0v) is 17.3. The SMILES string of the molecule is O=C1OC2(CCC(O)(C(=O)Nc3ncc(-c4cccc(F)c4)cn3)CC2)c2cc[n+]([O-])cc21. The molecule has 1 aromatic carbocycles. The number of benzene rings is 1. The van der Waals surface area contributed by atoms with E-state index in [9.17, 15) is 24.3 Å². The van der Waals surface area contributed by atoms with Crippen LogP contribution in [0.1, 0.15) is 41.6 Å². The predicted molar refractivity (Wildman–Crippen MR) is 112 cm³/mol. The molecule has 168 valence electrons. The van der Waals surface area contributed by atoms with Crippen LogP contribution in [-0.2, 0) is 15.1 Å². The van der Waals surface area contributed by atoms with E-state index in [4.69, 9.17) is 4.74 Å². The van der Waals surface area contributed by atoms with Crippen molar-refractivity contribution >= 4 is 17.8 Å². The van der Waals surface area contributed by atoms with Gasteiger partial charge in [0.1, 0.15) is 22.6 Å². The number of aliphatic hydroxyl groups is 1. The molecule has 0 bridgehead atoms. The van der Waals surface area contributed by atoms with Gasteiger partial charge in [-0.3, -0.25) is 10.1 Å². The van der Waals surface area contributed by atoms with Crippen molar-refractivity contribution in [1.29, 1.82) is 0 Å². The van der Waals surface area contributed by atoms with E-state index in [0.717, 1.165) is 0 Å². The summed E-state index contributed by atoms with van der Waals surface area (Å²) in [6.45, 7) is 0.